The number of hydrogen-bond acceptors (Lipinski definition) is 1. The largest absolute Gasteiger partial charge is 0.140 e. The smallest absolute Gasteiger partial charge is 0.0809 e. The van der Waals surface area contributed by atoms with Crippen molar-refractivity contribution in [1.82, 2.24) is 0 Å². The minimum atomic E-state index is 0. The van der Waals surface area contributed by atoms with Crippen molar-refractivity contribution in [2.75, 3.05) is 0 Å². The Labute approximate surface area is 116 Å². The van der Waals surface area contributed by atoms with Gasteiger partial charge < -0.3 is 0 Å². The first-order chi connectivity index (χ1) is 5.46. The van der Waals surface area contributed by atoms with Crippen molar-refractivity contribution in [2.24, 2.45) is 0 Å². The maximum absolute atomic E-state index is 5.72. The third-order valence-electron chi connectivity index (χ3n) is 1.19. The zero-order chi connectivity index (χ0) is 9.46. The van der Waals surface area contributed by atoms with Gasteiger partial charge in [-0.05, 0) is 0 Å². The molecule has 0 aromatic heterocycles. The minimum absolute atomic E-state index is 0. The Morgan fingerprint density at radius 3 is 1.15 bits per heavy atom. The molecule has 0 nitrogen and oxygen atoms in total. The van der Waals surface area contributed by atoms with Crippen LogP contribution in [0.1, 0.15) is 0 Å². The first-order valence-electron chi connectivity index (χ1n) is 2.67. The molecule has 1 aromatic rings. The van der Waals surface area contributed by atoms with Crippen LogP contribution in [0.15, 0.2) is 4.90 Å². The van der Waals surface area contributed by atoms with Crippen LogP contribution in [0.4, 0.5) is 0 Å². The van der Waals surface area contributed by atoms with Gasteiger partial charge in [-0.15, -0.1) is 12.6 Å². The zero-order valence-corrected chi connectivity index (χ0v) is 11.4. The molecule has 0 aliphatic heterocycles. The minimum Gasteiger partial charge on any atom is -0.140 e. The molecule has 0 saturated heterocycles. The molecule has 0 atom stereocenters. The first kappa shape index (κ1) is 14.5. The summed E-state index contributed by atoms with van der Waals surface area (Å²) in [5, 5.41) is 0.889. The van der Waals surface area contributed by atoms with E-state index in [1.54, 1.807) is 0 Å². The molecule has 0 amide bonds. The Hall–Kier alpha value is 1.53. The van der Waals surface area contributed by atoms with Crippen LogP contribution in [-0.4, -0.2) is 0 Å². The van der Waals surface area contributed by atoms with E-state index in [0.29, 0.717) is 4.90 Å². The molecule has 13 heavy (non-hydrogen) atoms. The van der Waals surface area contributed by atoms with Gasteiger partial charge in [-0.3, -0.25) is 0 Å². The van der Waals surface area contributed by atoms with E-state index in [9.17, 15) is 0 Å². The third kappa shape index (κ3) is 2.76. The summed E-state index contributed by atoms with van der Waals surface area (Å²) < 4.78 is 0. The van der Waals surface area contributed by atoms with Gasteiger partial charge in [0.25, 0.3) is 0 Å². The average Bonchev–Trinajstić information content (AvgIpc) is 2.08. The van der Waals surface area contributed by atoms with Gasteiger partial charge in [0.1, 0.15) is 0 Å². The fourth-order valence-electron chi connectivity index (χ4n) is 0.593. The van der Waals surface area contributed by atoms with Crippen molar-refractivity contribution < 1.29 is 16.8 Å². The van der Waals surface area contributed by atoms with E-state index in [1.165, 1.54) is 0 Å². The second-order valence-corrected chi connectivity index (χ2v) is 4.26. The second-order valence-electron chi connectivity index (χ2n) is 1.92. The molecule has 0 unspecified atom stereocenters. The predicted octanol–water partition coefficient (Wildman–Crippen LogP) is 5.24. The van der Waals surface area contributed by atoms with E-state index in [4.69, 9.17) is 58.0 Å². The van der Waals surface area contributed by atoms with Crippen LogP contribution in [0, 0.1) is 0 Å². The average molecular weight is 341 g/mol. The number of rotatable bonds is 0. The van der Waals surface area contributed by atoms with Crippen molar-refractivity contribution in [2.45, 2.75) is 4.90 Å². The normalized spacial score (nSPS) is 9.69. The topological polar surface area (TPSA) is 0 Å². The number of thiol groups is 1. The molecular formula is C6HCl5CoS. The van der Waals surface area contributed by atoms with Gasteiger partial charge in [-0.25, -0.2) is 0 Å². The molecule has 7 heteroatoms. The van der Waals surface area contributed by atoms with Crippen LogP contribution >= 0.6 is 70.6 Å². The molecule has 0 heterocycles. The summed E-state index contributed by atoms with van der Waals surface area (Å²) in [6, 6.07) is 0. The first-order valence-corrected chi connectivity index (χ1v) is 5.01. The summed E-state index contributed by atoms with van der Waals surface area (Å²) in [6.07, 6.45) is 0. The van der Waals surface area contributed by atoms with E-state index < -0.39 is 0 Å². The maximum atomic E-state index is 5.72. The van der Waals surface area contributed by atoms with E-state index in [-0.39, 0.29) is 41.9 Å². The van der Waals surface area contributed by atoms with Crippen LogP contribution in [0.25, 0.3) is 0 Å². The van der Waals surface area contributed by atoms with Crippen LogP contribution < -0.4 is 0 Å². The Bertz CT molecular complexity index is 235. The molecule has 0 spiro atoms. The molecule has 0 saturated carbocycles. The summed E-state index contributed by atoms with van der Waals surface area (Å²) in [4.78, 5) is 0.331. The fourth-order valence-corrected chi connectivity index (χ4v) is 2.09. The van der Waals surface area contributed by atoms with E-state index in [0.717, 1.165) is 0 Å². The monoisotopic (exact) mass is 339 g/mol. The predicted molar refractivity (Wildman–Crippen MR) is 58.7 cm³/mol. The number of hydrogen-bond donors (Lipinski definition) is 1. The summed E-state index contributed by atoms with van der Waals surface area (Å²) in [5.74, 6) is 0. The molecule has 0 aliphatic carbocycles. The molecular weight excluding hydrogens is 340 g/mol. The summed E-state index contributed by atoms with van der Waals surface area (Å²) >= 11 is 32.6. The van der Waals surface area contributed by atoms with Crippen molar-refractivity contribution in [3.63, 3.8) is 0 Å². The van der Waals surface area contributed by atoms with Gasteiger partial charge in [-0.1, -0.05) is 58.0 Å². The third-order valence-corrected chi connectivity index (χ3v) is 4.17. The second kappa shape index (κ2) is 5.57. The van der Waals surface area contributed by atoms with Crippen LogP contribution in [-0.2, 0) is 16.8 Å². The summed E-state index contributed by atoms with van der Waals surface area (Å²) in [7, 11) is 0. The summed E-state index contributed by atoms with van der Waals surface area (Å²) in [5.41, 5.74) is 0. The van der Waals surface area contributed by atoms with E-state index in [2.05, 4.69) is 12.6 Å². The van der Waals surface area contributed by atoms with Gasteiger partial charge in [0.15, 0.2) is 0 Å². The Morgan fingerprint density at radius 2 is 0.846 bits per heavy atom. The van der Waals surface area contributed by atoms with Crippen LogP contribution in [0.5, 0.6) is 0 Å². The number of halogens is 5. The molecule has 1 radical (unpaired) electrons. The van der Waals surface area contributed by atoms with Gasteiger partial charge >= 0.3 is 0 Å². The van der Waals surface area contributed by atoms with E-state index in [1.807, 2.05) is 0 Å². The van der Waals surface area contributed by atoms with Crippen LogP contribution in [0.3, 0.4) is 0 Å². The Morgan fingerprint density at radius 1 is 0.615 bits per heavy atom. The van der Waals surface area contributed by atoms with Gasteiger partial charge in [0.2, 0.25) is 0 Å². The van der Waals surface area contributed by atoms with Crippen molar-refractivity contribution in [3.8, 4) is 0 Å². The standard InChI is InChI=1S/C6HCl5S.Co/c7-1-2(8)4(10)6(12)5(11)3(1)9;/h12H;. The Balaban J connectivity index is 0.00000144. The number of benzene rings is 1. The van der Waals surface area contributed by atoms with E-state index >= 15 is 0 Å². The maximum Gasteiger partial charge on any atom is 0.0809 e. The Kier molecular flexibility index (Phi) is 6.22. The molecule has 0 N–H and O–H groups in total. The van der Waals surface area contributed by atoms with Crippen molar-refractivity contribution >= 4 is 70.6 Å². The van der Waals surface area contributed by atoms with Gasteiger partial charge in [0, 0.05) is 21.7 Å². The van der Waals surface area contributed by atoms with Gasteiger partial charge in [-0.2, -0.15) is 0 Å². The molecule has 1 rings (SSSR count). The van der Waals surface area contributed by atoms with Gasteiger partial charge in [0.05, 0.1) is 25.1 Å². The zero-order valence-electron chi connectivity index (χ0n) is 5.67. The molecule has 0 bridgehead atoms. The van der Waals surface area contributed by atoms with Crippen molar-refractivity contribution in [3.05, 3.63) is 25.1 Å². The summed E-state index contributed by atoms with van der Waals surface area (Å²) in [6.45, 7) is 0. The molecule has 0 fully saturated rings. The molecule has 0 aliphatic rings. The SMILES string of the molecule is Sc1c(Cl)c(Cl)c(Cl)c(Cl)c1Cl.[Co]. The van der Waals surface area contributed by atoms with Crippen molar-refractivity contribution in [1.29, 1.82) is 0 Å². The quantitative estimate of drug-likeness (QED) is 0.372. The molecule has 75 valence electrons. The molecule has 1 aromatic carbocycles. The fraction of sp³-hybridized carbons (Fsp3) is 0. The van der Waals surface area contributed by atoms with Crippen LogP contribution in [0.2, 0.25) is 25.1 Å².